The number of rotatable bonds is 10. The molecule has 3 rings (SSSR count). The fourth-order valence-electron chi connectivity index (χ4n) is 2.92. The number of ether oxygens (including phenoxy) is 2. The van der Waals surface area contributed by atoms with Gasteiger partial charge >= 0.3 is 0 Å². The Labute approximate surface area is 194 Å². The Hall–Kier alpha value is -3.78. The molecule has 0 aliphatic heterocycles. The Balaban J connectivity index is 1.58. The quantitative estimate of drug-likeness (QED) is 0.413. The summed E-state index contributed by atoms with van der Waals surface area (Å²) in [7, 11) is -3.77. The summed E-state index contributed by atoms with van der Waals surface area (Å²) in [6.45, 7) is 4.92. The number of nitrogens with one attached hydrogen (secondary N) is 2. The maximum absolute atomic E-state index is 12.6. The van der Waals surface area contributed by atoms with E-state index < -0.39 is 10.0 Å². The van der Waals surface area contributed by atoms with Gasteiger partial charge in [0.2, 0.25) is 5.91 Å². The average Bonchev–Trinajstić information content (AvgIpc) is 2.80. The SMILES string of the molecule is CCOc1ccc(/C=C/C(=O)Nc2ccc(S(=O)(=O)Nc3ccc(OCC)cc3)cc2)cc1. The first-order chi connectivity index (χ1) is 15.9. The summed E-state index contributed by atoms with van der Waals surface area (Å²) in [4.78, 5) is 12.3. The van der Waals surface area contributed by atoms with Crippen LogP contribution in [0.1, 0.15) is 19.4 Å². The maximum Gasteiger partial charge on any atom is 0.261 e. The second-order valence-electron chi connectivity index (χ2n) is 6.91. The lowest BCUT2D eigenvalue weighted by molar-refractivity contribution is -0.111. The van der Waals surface area contributed by atoms with Crippen molar-refractivity contribution >= 4 is 33.4 Å². The minimum Gasteiger partial charge on any atom is -0.494 e. The highest BCUT2D eigenvalue weighted by atomic mass is 32.2. The lowest BCUT2D eigenvalue weighted by Gasteiger charge is -2.10. The van der Waals surface area contributed by atoms with E-state index in [1.807, 2.05) is 38.1 Å². The lowest BCUT2D eigenvalue weighted by atomic mass is 10.2. The zero-order valence-corrected chi connectivity index (χ0v) is 19.3. The van der Waals surface area contributed by atoms with Crippen LogP contribution in [0.5, 0.6) is 11.5 Å². The van der Waals surface area contributed by atoms with Crippen molar-refractivity contribution in [2.45, 2.75) is 18.7 Å². The van der Waals surface area contributed by atoms with Crippen LogP contribution in [0.15, 0.2) is 83.8 Å². The summed E-state index contributed by atoms with van der Waals surface area (Å²) in [5.74, 6) is 1.11. The van der Waals surface area contributed by atoms with E-state index in [-0.39, 0.29) is 10.8 Å². The van der Waals surface area contributed by atoms with Gasteiger partial charge in [0.15, 0.2) is 0 Å². The minimum absolute atomic E-state index is 0.0827. The van der Waals surface area contributed by atoms with Crippen molar-refractivity contribution < 1.29 is 22.7 Å². The third-order valence-electron chi connectivity index (χ3n) is 4.47. The molecule has 172 valence electrons. The first-order valence-electron chi connectivity index (χ1n) is 10.5. The van der Waals surface area contributed by atoms with E-state index in [1.165, 1.54) is 30.3 Å². The Morgan fingerprint density at radius 1 is 0.788 bits per heavy atom. The van der Waals surface area contributed by atoms with Gasteiger partial charge in [0.05, 0.1) is 18.1 Å². The number of anilines is 2. The molecular formula is C25H26N2O5S. The van der Waals surface area contributed by atoms with E-state index in [9.17, 15) is 13.2 Å². The molecule has 7 nitrogen and oxygen atoms in total. The van der Waals surface area contributed by atoms with Gasteiger partial charge in [-0.2, -0.15) is 0 Å². The van der Waals surface area contributed by atoms with Crippen molar-refractivity contribution in [2.24, 2.45) is 0 Å². The Bertz CT molecular complexity index is 1190. The molecule has 0 aliphatic rings. The van der Waals surface area contributed by atoms with Crippen LogP contribution in [-0.4, -0.2) is 27.5 Å². The van der Waals surface area contributed by atoms with E-state index in [4.69, 9.17) is 9.47 Å². The molecule has 0 atom stereocenters. The number of carbonyl (C=O) groups is 1. The van der Waals surface area contributed by atoms with Gasteiger partial charge in [-0.25, -0.2) is 8.42 Å². The number of benzene rings is 3. The summed E-state index contributed by atoms with van der Waals surface area (Å²) >= 11 is 0. The zero-order valence-electron chi connectivity index (χ0n) is 18.4. The molecule has 0 aliphatic carbocycles. The van der Waals surface area contributed by atoms with E-state index in [0.29, 0.717) is 30.3 Å². The summed E-state index contributed by atoms with van der Waals surface area (Å²) < 4.78 is 38.5. The van der Waals surface area contributed by atoms with Gasteiger partial charge in [-0.15, -0.1) is 0 Å². The van der Waals surface area contributed by atoms with E-state index in [2.05, 4.69) is 10.0 Å². The van der Waals surface area contributed by atoms with Crippen LogP contribution >= 0.6 is 0 Å². The molecule has 1 amide bonds. The van der Waals surface area contributed by atoms with Gasteiger partial charge in [-0.05, 0) is 86.2 Å². The zero-order chi connectivity index (χ0) is 23.7. The van der Waals surface area contributed by atoms with E-state index in [1.54, 1.807) is 30.3 Å². The molecule has 0 spiro atoms. The van der Waals surface area contributed by atoms with Crippen LogP contribution in [0.2, 0.25) is 0 Å². The largest absolute Gasteiger partial charge is 0.494 e. The summed E-state index contributed by atoms with van der Waals surface area (Å²) in [5.41, 5.74) is 1.77. The van der Waals surface area contributed by atoms with Crippen LogP contribution < -0.4 is 19.5 Å². The highest BCUT2D eigenvalue weighted by Gasteiger charge is 2.14. The molecule has 0 aromatic heterocycles. The number of sulfonamides is 1. The van der Waals surface area contributed by atoms with Crippen LogP contribution in [0.25, 0.3) is 6.08 Å². The smallest absolute Gasteiger partial charge is 0.261 e. The van der Waals surface area contributed by atoms with Crippen LogP contribution in [0, 0.1) is 0 Å². The molecule has 0 heterocycles. The molecule has 0 saturated heterocycles. The first-order valence-corrected chi connectivity index (χ1v) is 12.0. The van der Waals surface area contributed by atoms with Gasteiger partial charge in [0.25, 0.3) is 10.0 Å². The number of amides is 1. The molecule has 0 bridgehead atoms. The Kier molecular flexibility index (Phi) is 8.10. The molecule has 3 aromatic rings. The monoisotopic (exact) mass is 466 g/mol. The van der Waals surface area contributed by atoms with Crippen LogP contribution in [0.3, 0.4) is 0 Å². The highest BCUT2D eigenvalue weighted by molar-refractivity contribution is 7.92. The van der Waals surface area contributed by atoms with E-state index >= 15 is 0 Å². The van der Waals surface area contributed by atoms with Crippen molar-refractivity contribution in [1.82, 2.24) is 0 Å². The molecule has 3 aromatic carbocycles. The summed E-state index contributed by atoms with van der Waals surface area (Å²) in [5, 5.41) is 2.71. The van der Waals surface area contributed by atoms with Gasteiger partial charge in [-0.1, -0.05) is 12.1 Å². The third kappa shape index (κ3) is 7.11. The van der Waals surface area contributed by atoms with Crippen molar-refractivity contribution in [1.29, 1.82) is 0 Å². The number of hydrogen-bond acceptors (Lipinski definition) is 5. The topological polar surface area (TPSA) is 93.7 Å². The fourth-order valence-corrected chi connectivity index (χ4v) is 3.97. The average molecular weight is 467 g/mol. The Morgan fingerprint density at radius 2 is 1.30 bits per heavy atom. The summed E-state index contributed by atoms with van der Waals surface area (Å²) in [6, 6.07) is 20.0. The predicted octanol–water partition coefficient (Wildman–Crippen LogP) is 4.94. The molecule has 0 fully saturated rings. The van der Waals surface area contributed by atoms with Crippen molar-refractivity contribution in [3.05, 3.63) is 84.4 Å². The van der Waals surface area contributed by atoms with Crippen molar-refractivity contribution in [3.63, 3.8) is 0 Å². The summed E-state index contributed by atoms with van der Waals surface area (Å²) in [6.07, 6.45) is 3.10. The molecule has 0 saturated carbocycles. The van der Waals surface area contributed by atoms with Gasteiger partial charge in [0, 0.05) is 17.5 Å². The molecule has 0 unspecified atom stereocenters. The molecular weight excluding hydrogens is 440 g/mol. The molecule has 2 N–H and O–H groups in total. The third-order valence-corrected chi connectivity index (χ3v) is 5.87. The van der Waals surface area contributed by atoms with Crippen LogP contribution in [0.4, 0.5) is 11.4 Å². The maximum atomic E-state index is 12.6. The standard InChI is InChI=1S/C25H26N2O5S/c1-3-31-22-12-5-19(6-13-22)7-18-25(28)26-20-10-16-24(17-11-20)33(29,30)27-21-8-14-23(15-9-21)32-4-2/h5-18,27H,3-4H2,1-2H3,(H,26,28)/b18-7+. The second-order valence-corrected chi connectivity index (χ2v) is 8.59. The lowest BCUT2D eigenvalue weighted by Crippen LogP contribution is -2.13. The molecule has 0 radical (unpaired) electrons. The van der Waals surface area contributed by atoms with E-state index in [0.717, 1.165) is 11.3 Å². The van der Waals surface area contributed by atoms with Gasteiger partial charge in [-0.3, -0.25) is 9.52 Å². The van der Waals surface area contributed by atoms with Gasteiger partial charge < -0.3 is 14.8 Å². The highest BCUT2D eigenvalue weighted by Crippen LogP contribution is 2.21. The Morgan fingerprint density at radius 3 is 1.85 bits per heavy atom. The number of hydrogen-bond donors (Lipinski definition) is 2. The van der Waals surface area contributed by atoms with Crippen LogP contribution in [-0.2, 0) is 14.8 Å². The normalized spacial score (nSPS) is 11.2. The molecule has 33 heavy (non-hydrogen) atoms. The first kappa shape index (κ1) is 23.9. The van der Waals surface area contributed by atoms with Gasteiger partial charge in [0.1, 0.15) is 11.5 Å². The second kappa shape index (κ2) is 11.2. The number of carbonyl (C=O) groups excluding carboxylic acids is 1. The van der Waals surface area contributed by atoms with Crippen molar-refractivity contribution in [2.75, 3.05) is 23.3 Å². The predicted molar refractivity (Wildman–Crippen MR) is 130 cm³/mol. The molecule has 8 heteroatoms. The fraction of sp³-hybridized carbons (Fsp3) is 0.160. The van der Waals surface area contributed by atoms with Crippen molar-refractivity contribution in [3.8, 4) is 11.5 Å². The minimum atomic E-state index is -3.77.